The van der Waals surface area contributed by atoms with Crippen molar-refractivity contribution < 1.29 is 4.42 Å². The topological polar surface area (TPSA) is 83.7 Å². The molecule has 0 unspecified atom stereocenters. The summed E-state index contributed by atoms with van der Waals surface area (Å²) < 4.78 is 6.11. The molecule has 1 N–H and O–H groups in total. The van der Waals surface area contributed by atoms with E-state index in [-0.39, 0.29) is 6.04 Å². The van der Waals surface area contributed by atoms with Crippen LogP contribution < -0.4 is 4.90 Å². The minimum absolute atomic E-state index is 0.117. The van der Waals surface area contributed by atoms with Crippen molar-refractivity contribution in [2.45, 2.75) is 32.7 Å². The van der Waals surface area contributed by atoms with E-state index in [2.05, 4.69) is 69.7 Å². The lowest BCUT2D eigenvalue weighted by Crippen LogP contribution is -2.28. The van der Waals surface area contributed by atoms with Gasteiger partial charge >= 0.3 is 0 Å². The van der Waals surface area contributed by atoms with Crippen molar-refractivity contribution >= 4 is 17.1 Å². The molecule has 0 bridgehead atoms. The molecule has 3 aromatic carbocycles. The molecule has 0 saturated heterocycles. The van der Waals surface area contributed by atoms with E-state index in [1.165, 1.54) is 5.56 Å². The van der Waals surface area contributed by atoms with Crippen molar-refractivity contribution in [3.8, 4) is 22.5 Å². The van der Waals surface area contributed by atoms with Crippen molar-refractivity contribution in [1.82, 2.24) is 25.6 Å². The van der Waals surface area contributed by atoms with Crippen LogP contribution in [0.4, 0.5) is 6.01 Å². The Kier molecular flexibility index (Phi) is 5.85. The Morgan fingerprint density at radius 2 is 1.70 bits per heavy atom. The highest BCUT2D eigenvalue weighted by Gasteiger charge is 2.21. The third-order valence-corrected chi connectivity index (χ3v) is 5.97. The lowest BCUT2D eigenvalue weighted by Gasteiger charge is -2.28. The van der Waals surface area contributed by atoms with Crippen LogP contribution in [0, 0.1) is 0 Å². The van der Waals surface area contributed by atoms with Crippen LogP contribution >= 0.6 is 0 Å². The maximum atomic E-state index is 6.11. The number of unbranched alkanes of at least 4 members (excludes halogenated alkanes) is 1. The van der Waals surface area contributed by atoms with E-state index in [0.717, 1.165) is 47.2 Å². The van der Waals surface area contributed by atoms with Crippen molar-refractivity contribution in [2.75, 3.05) is 11.4 Å². The summed E-state index contributed by atoms with van der Waals surface area (Å²) in [7, 11) is 0. The minimum Gasteiger partial charge on any atom is -0.423 e. The molecule has 0 fully saturated rings. The van der Waals surface area contributed by atoms with Gasteiger partial charge in [-0.1, -0.05) is 74.0 Å². The molecule has 0 aliphatic rings. The van der Waals surface area contributed by atoms with Gasteiger partial charge in [0.1, 0.15) is 5.52 Å². The average molecular weight is 439 g/mol. The van der Waals surface area contributed by atoms with Crippen LogP contribution in [0.3, 0.4) is 0 Å². The van der Waals surface area contributed by atoms with E-state index >= 15 is 0 Å². The van der Waals surface area contributed by atoms with E-state index in [0.29, 0.717) is 11.8 Å². The van der Waals surface area contributed by atoms with E-state index in [1.54, 1.807) is 0 Å². The van der Waals surface area contributed by atoms with Gasteiger partial charge in [-0.05, 0) is 47.4 Å². The summed E-state index contributed by atoms with van der Waals surface area (Å²) in [5.41, 5.74) is 6.02. The molecular formula is C26H26N6O. The van der Waals surface area contributed by atoms with E-state index in [1.807, 2.05) is 42.5 Å². The third-order valence-electron chi connectivity index (χ3n) is 5.97. The van der Waals surface area contributed by atoms with Crippen LogP contribution in [0.5, 0.6) is 0 Å². The first-order chi connectivity index (χ1) is 16.2. The zero-order valence-corrected chi connectivity index (χ0v) is 18.8. The Bertz CT molecular complexity index is 1290. The SMILES string of the molecule is CCCCN(c1nc2ccccc2o1)[C@@H](C)c1ccc(-c2ccccc2-c2nn[nH]n2)cc1. The minimum atomic E-state index is 0.117. The quantitative estimate of drug-likeness (QED) is 0.318. The van der Waals surface area contributed by atoms with Crippen molar-refractivity contribution in [3.63, 3.8) is 0 Å². The zero-order valence-electron chi connectivity index (χ0n) is 18.8. The summed E-state index contributed by atoms with van der Waals surface area (Å²) in [4.78, 5) is 7.01. The second-order valence-electron chi connectivity index (χ2n) is 8.09. The molecule has 0 amide bonds. The summed E-state index contributed by atoms with van der Waals surface area (Å²) in [6.07, 6.45) is 2.18. The highest BCUT2D eigenvalue weighted by Crippen LogP contribution is 2.33. The number of hydrogen-bond donors (Lipinski definition) is 1. The number of hydrogen-bond acceptors (Lipinski definition) is 6. The fraction of sp³-hybridized carbons (Fsp3) is 0.231. The van der Waals surface area contributed by atoms with Crippen LogP contribution in [-0.2, 0) is 0 Å². The molecule has 0 saturated carbocycles. The van der Waals surface area contributed by atoms with Crippen molar-refractivity contribution in [2.24, 2.45) is 0 Å². The molecule has 2 aromatic heterocycles. The molecule has 0 spiro atoms. The van der Waals surface area contributed by atoms with Gasteiger partial charge < -0.3 is 9.32 Å². The van der Waals surface area contributed by atoms with Crippen molar-refractivity contribution in [1.29, 1.82) is 0 Å². The number of benzene rings is 3. The molecule has 2 heterocycles. The Hall–Kier alpha value is -4.00. The summed E-state index contributed by atoms with van der Waals surface area (Å²) in [5.74, 6) is 0.588. The van der Waals surface area contributed by atoms with Gasteiger partial charge in [0.25, 0.3) is 6.01 Å². The highest BCUT2D eigenvalue weighted by atomic mass is 16.4. The first kappa shape index (κ1) is 20.9. The van der Waals surface area contributed by atoms with Gasteiger partial charge in [0, 0.05) is 12.1 Å². The van der Waals surface area contributed by atoms with Gasteiger partial charge in [-0.3, -0.25) is 0 Å². The predicted molar refractivity (Wildman–Crippen MR) is 130 cm³/mol. The molecule has 0 aliphatic heterocycles. The number of anilines is 1. The van der Waals surface area contributed by atoms with Gasteiger partial charge in [-0.2, -0.15) is 10.2 Å². The zero-order chi connectivity index (χ0) is 22.6. The number of rotatable bonds is 8. The Morgan fingerprint density at radius 3 is 2.42 bits per heavy atom. The third kappa shape index (κ3) is 4.22. The van der Waals surface area contributed by atoms with Gasteiger partial charge in [0.05, 0.1) is 6.04 Å². The first-order valence-corrected chi connectivity index (χ1v) is 11.3. The van der Waals surface area contributed by atoms with Gasteiger partial charge in [0.2, 0.25) is 5.82 Å². The molecule has 166 valence electrons. The number of aromatic nitrogens is 5. The molecule has 33 heavy (non-hydrogen) atoms. The first-order valence-electron chi connectivity index (χ1n) is 11.3. The predicted octanol–water partition coefficient (Wildman–Crippen LogP) is 6.04. The second-order valence-corrected chi connectivity index (χ2v) is 8.09. The number of nitrogens with one attached hydrogen (secondary N) is 1. The molecule has 5 aromatic rings. The van der Waals surface area contributed by atoms with Gasteiger partial charge in [0.15, 0.2) is 5.58 Å². The van der Waals surface area contributed by atoms with Crippen LogP contribution in [0.15, 0.2) is 77.2 Å². The van der Waals surface area contributed by atoms with Crippen LogP contribution in [0.2, 0.25) is 0 Å². The summed E-state index contributed by atoms with van der Waals surface area (Å²) >= 11 is 0. The normalized spacial score (nSPS) is 12.2. The second kappa shape index (κ2) is 9.24. The van der Waals surface area contributed by atoms with Gasteiger partial charge in [-0.15, -0.1) is 10.2 Å². The Balaban J connectivity index is 1.45. The Morgan fingerprint density at radius 1 is 0.939 bits per heavy atom. The van der Waals surface area contributed by atoms with Crippen LogP contribution in [-0.4, -0.2) is 32.2 Å². The molecule has 5 rings (SSSR count). The maximum Gasteiger partial charge on any atom is 0.298 e. The molecule has 0 radical (unpaired) electrons. The van der Waals surface area contributed by atoms with Gasteiger partial charge in [-0.25, -0.2) is 0 Å². The Labute approximate surface area is 192 Å². The number of para-hydroxylation sites is 2. The van der Waals surface area contributed by atoms with Crippen LogP contribution in [0.25, 0.3) is 33.6 Å². The number of H-pyrrole nitrogens is 1. The number of tetrazole rings is 1. The fourth-order valence-corrected chi connectivity index (χ4v) is 4.09. The molecular weight excluding hydrogens is 412 g/mol. The molecule has 1 atom stereocenters. The molecule has 7 nitrogen and oxygen atoms in total. The van der Waals surface area contributed by atoms with Crippen LogP contribution in [0.1, 0.15) is 38.3 Å². The molecule has 7 heteroatoms. The van der Waals surface area contributed by atoms with E-state index < -0.39 is 0 Å². The summed E-state index contributed by atoms with van der Waals surface area (Å²) in [6.45, 7) is 5.28. The summed E-state index contributed by atoms with van der Waals surface area (Å²) in [5, 5.41) is 14.5. The number of oxazole rings is 1. The average Bonchev–Trinajstić information content (AvgIpc) is 3.54. The lowest BCUT2D eigenvalue weighted by molar-refractivity contribution is 0.524. The molecule has 0 aliphatic carbocycles. The largest absolute Gasteiger partial charge is 0.423 e. The number of fused-ring (bicyclic) bond motifs is 1. The smallest absolute Gasteiger partial charge is 0.298 e. The number of aromatic amines is 1. The highest BCUT2D eigenvalue weighted by molar-refractivity contribution is 5.80. The number of nitrogens with zero attached hydrogens (tertiary/aromatic N) is 5. The van der Waals surface area contributed by atoms with E-state index in [4.69, 9.17) is 9.40 Å². The fourth-order valence-electron chi connectivity index (χ4n) is 4.09. The van der Waals surface area contributed by atoms with Crippen molar-refractivity contribution in [3.05, 3.63) is 78.4 Å². The summed E-state index contributed by atoms with van der Waals surface area (Å²) in [6, 6.07) is 25.4. The maximum absolute atomic E-state index is 6.11. The lowest BCUT2D eigenvalue weighted by atomic mass is 9.97. The monoisotopic (exact) mass is 438 g/mol. The standard InChI is InChI=1S/C26H26N6O/c1-3-4-17-32(26-27-23-11-7-8-12-24(23)33-26)18(2)19-13-15-20(16-14-19)21-9-5-6-10-22(21)25-28-30-31-29-25/h5-16,18H,3-4,17H2,1-2H3,(H,28,29,30,31)/t18-/m0/s1. The van der Waals surface area contributed by atoms with E-state index in [9.17, 15) is 0 Å².